The number of ether oxygens (including phenoxy) is 1. The first-order valence-corrected chi connectivity index (χ1v) is 10.6. The van der Waals surface area contributed by atoms with Gasteiger partial charge in [0.25, 0.3) is 5.91 Å². The van der Waals surface area contributed by atoms with Crippen molar-refractivity contribution in [3.63, 3.8) is 0 Å². The van der Waals surface area contributed by atoms with Crippen molar-refractivity contribution >= 4 is 23.2 Å². The van der Waals surface area contributed by atoms with Crippen LogP contribution in [0.4, 0.5) is 5.69 Å². The molecular weight excluding hydrogens is 400 g/mol. The molecule has 0 unspecified atom stereocenters. The van der Waals surface area contributed by atoms with Gasteiger partial charge in [0.15, 0.2) is 0 Å². The first kappa shape index (κ1) is 22.4. The predicted molar refractivity (Wildman–Crippen MR) is 123 cm³/mol. The Morgan fingerprint density at radius 3 is 2.40 bits per heavy atom. The number of carbonyl (C=O) groups is 1. The van der Waals surface area contributed by atoms with Crippen LogP contribution in [0, 0.1) is 0 Å². The van der Waals surface area contributed by atoms with E-state index in [4.69, 9.17) is 16.3 Å². The topological polar surface area (TPSA) is 48.1 Å². The van der Waals surface area contributed by atoms with Crippen molar-refractivity contribution in [1.29, 1.82) is 0 Å². The van der Waals surface area contributed by atoms with E-state index in [2.05, 4.69) is 51.3 Å². The molecule has 6 nitrogen and oxygen atoms in total. The van der Waals surface area contributed by atoms with E-state index in [1.54, 1.807) is 25.3 Å². The lowest BCUT2D eigenvalue weighted by atomic mass is 10.0. The van der Waals surface area contributed by atoms with Crippen LogP contribution in [0.3, 0.4) is 0 Å². The summed E-state index contributed by atoms with van der Waals surface area (Å²) in [7, 11) is 7.77. The molecule has 1 aliphatic rings. The zero-order valence-electron chi connectivity index (χ0n) is 18.2. The van der Waals surface area contributed by atoms with Gasteiger partial charge in [0.1, 0.15) is 5.75 Å². The number of benzene rings is 2. The lowest BCUT2D eigenvalue weighted by Crippen LogP contribution is -2.48. The number of likely N-dealkylation sites (N-methyl/N-ethyl adjacent to an activating group) is 1. The van der Waals surface area contributed by atoms with Gasteiger partial charge >= 0.3 is 0 Å². The highest BCUT2D eigenvalue weighted by molar-refractivity contribution is 6.31. The minimum atomic E-state index is -0.182. The van der Waals surface area contributed by atoms with E-state index in [-0.39, 0.29) is 11.9 Å². The maximum absolute atomic E-state index is 12.9. The Labute approximate surface area is 184 Å². The Hall–Kier alpha value is -2.28. The third kappa shape index (κ3) is 5.45. The highest BCUT2D eigenvalue weighted by Gasteiger charge is 2.25. The fraction of sp³-hybridized carbons (Fsp3) is 0.435. The van der Waals surface area contributed by atoms with Gasteiger partial charge in [-0.15, -0.1) is 0 Å². The zero-order chi connectivity index (χ0) is 21.7. The van der Waals surface area contributed by atoms with Crippen molar-refractivity contribution < 1.29 is 9.53 Å². The number of methoxy groups -OCH3 is 1. The lowest BCUT2D eigenvalue weighted by molar-refractivity contribution is 0.0883. The molecule has 0 radical (unpaired) electrons. The molecule has 2 aromatic rings. The predicted octanol–water partition coefficient (Wildman–Crippen LogP) is 3.13. The SMILES string of the molecule is COc1ccc(Cl)cc1C(=O)NC[C@H](c1ccc(N(C)C)cc1)N1CCN(C)CC1. The summed E-state index contributed by atoms with van der Waals surface area (Å²) in [4.78, 5) is 19.8. The minimum absolute atomic E-state index is 0.101. The molecule has 0 aromatic heterocycles. The Balaban J connectivity index is 1.78. The molecule has 1 fully saturated rings. The van der Waals surface area contributed by atoms with E-state index < -0.39 is 0 Å². The number of piperazine rings is 1. The van der Waals surface area contributed by atoms with Crippen LogP contribution in [0.5, 0.6) is 5.75 Å². The quantitative estimate of drug-likeness (QED) is 0.731. The van der Waals surface area contributed by atoms with Crippen molar-refractivity contribution in [3.8, 4) is 5.75 Å². The molecule has 30 heavy (non-hydrogen) atoms. The molecule has 1 heterocycles. The summed E-state index contributed by atoms with van der Waals surface area (Å²) in [6, 6.07) is 13.7. The first-order chi connectivity index (χ1) is 14.4. The lowest BCUT2D eigenvalue weighted by Gasteiger charge is -2.38. The normalized spacial score (nSPS) is 16.2. The van der Waals surface area contributed by atoms with E-state index in [1.165, 1.54) is 5.56 Å². The fourth-order valence-corrected chi connectivity index (χ4v) is 3.90. The Bertz CT molecular complexity index is 849. The van der Waals surface area contributed by atoms with Gasteiger partial charge in [-0.25, -0.2) is 0 Å². The number of anilines is 1. The smallest absolute Gasteiger partial charge is 0.255 e. The highest BCUT2D eigenvalue weighted by atomic mass is 35.5. The summed E-state index contributed by atoms with van der Waals surface area (Å²) in [5.41, 5.74) is 2.80. The molecular formula is C23H31ClN4O2. The van der Waals surface area contributed by atoms with Crippen molar-refractivity contribution in [1.82, 2.24) is 15.1 Å². The van der Waals surface area contributed by atoms with Gasteiger partial charge in [0.05, 0.1) is 18.7 Å². The molecule has 7 heteroatoms. The fourth-order valence-electron chi connectivity index (χ4n) is 3.73. The average Bonchev–Trinajstić information content (AvgIpc) is 2.75. The molecule has 1 saturated heterocycles. The largest absolute Gasteiger partial charge is 0.496 e. The van der Waals surface area contributed by atoms with Crippen LogP contribution >= 0.6 is 11.6 Å². The number of halogens is 1. The Morgan fingerprint density at radius 1 is 1.13 bits per heavy atom. The second-order valence-electron chi connectivity index (χ2n) is 7.90. The second kappa shape index (κ2) is 10.2. The number of amides is 1. The summed E-state index contributed by atoms with van der Waals surface area (Å²) in [5.74, 6) is 0.335. The second-order valence-corrected chi connectivity index (χ2v) is 8.33. The van der Waals surface area contributed by atoms with Gasteiger partial charge in [0, 0.05) is 57.5 Å². The molecule has 162 valence electrons. The standard InChI is InChI=1S/C23H31ClN4O2/c1-26(2)19-8-5-17(6-9-19)21(28-13-11-27(3)12-14-28)16-25-23(29)20-15-18(24)7-10-22(20)30-4/h5-10,15,21H,11-14,16H2,1-4H3,(H,25,29)/t21-/m1/s1. The van der Waals surface area contributed by atoms with Crippen LogP contribution < -0.4 is 15.0 Å². The molecule has 3 rings (SSSR count). The van der Waals surface area contributed by atoms with Crippen molar-refractivity contribution in [2.75, 3.05) is 65.9 Å². The van der Waals surface area contributed by atoms with Crippen LogP contribution in [-0.4, -0.2) is 76.7 Å². The summed E-state index contributed by atoms with van der Waals surface area (Å²) in [5, 5.41) is 3.61. The van der Waals surface area contributed by atoms with Crippen LogP contribution in [0.1, 0.15) is 22.0 Å². The summed E-state index contributed by atoms with van der Waals surface area (Å²) in [6.07, 6.45) is 0. The number of hydrogen-bond acceptors (Lipinski definition) is 5. The zero-order valence-corrected chi connectivity index (χ0v) is 18.9. The van der Waals surface area contributed by atoms with Crippen molar-refractivity contribution in [3.05, 3.63) is 58.6 Å². The Morgan fingerprint density at radius 2 is 1.80 bits per heavy atom. The molecule has 1 amide bonds. The molecule has 0 saturated carbocycles. The van der Waals surface area contributed by atoms with Crippen molar-refractivity contribution in [2.24, 2.45) is 0 Å². The van der Waals surface area contributed by atoms with Gasteiger partial charge in [-0.05, 0) is 42.9 Å². The molecule has 1 aliphatic heterocycles. The highest BCUT2D eigenvalue weighted by Crippen LogP contribution is 2.26. The van der Waals surface area contributed by atoms with Crippen LogP contribution in [0.25, 0.3) is 0 Å². The van der Waals surface area contributed by atoms with E-state index >= 15 is 0 Å². The number of rotatable bonds is 7. The molecule has 1 atom stereocenters. The van der Waals surface area contributed by atoms with Crippen molar-refractivity contribution in [2.45, 2.75) is 6.04 Å². The van der Waals surface area contributed by atoms with Gasteiger partial charge < -0.3 is 19.9 Å². The first-order valence-electron chi connectivity index (χ1n) is 10.2. The third-order valence-electron chi connectivity index (χ3n) is 5.64. The van der Waals surface area contributed by atoms with Gasteiger partial charge in [-0.1, -0.05) is 23.7 Å². The molecule has 2 aromatic carbocycles. The van der Waals surface area contributed by atoms with Gasteiger partial charge in [-0.2, -0.15) is 0 Å². The van der Waals surface area contributed by atoms with Gasteiger partial charge in [-0.3, -0.25) is 9.69 Å². The average molecular weight is 431 g/mol. The van der Waals surface area contributed by atoms with Crippen LogP contribution in [0.2, 0.25) is 5.02 Å². The summed E-state index contributed by atoms with van der Waals surface area (Å²) < 4.78 is 5.34. The van der Waals surface area contributed by atoms with E-state index in [0.29, 0.717) is 22.9 Å². The van der Waals surface area contributed by atoms with Gasteiger partial charge in [0.2, 0.25) is 0 Å². The van der Waals surface area contributed by atoms with Crippen LogP contribution in [-0.2, 0) is 0 Å². The summed E-state index contributed by atoms with van der Waals surface area (Å²) >= 11 is 6.10. The maximum Gasteiger partial charge on any atom is 0.255 e. The van der Waals surface area contributed by atoms with E-state index in [1.807, 2.05) is 14.1 Å². The third-order valence-corrected chi connectivity index (χ3v) is 5.87. The number of carbonyl (C=O) groups excluding carboxylic acids is 1. The Kier molecular flexibility index (Phi) is 7.58. The summed E-state index contributed by atoms with van der Waals surface area (Å²) in [6.45, 7) is 4.48. The number of hydrogen-bond donors (Lipinski definition) is 1. The maximum atomic E-state index is 12.9. The number of nitrogens with zero attached hydrogens (tertiary/aromatic N) is 3. The van der Waals surface area contributed by atoms with E-state index in [0.717, 1.165) is 31.9 Å². The van der Waals surface area contributed by atoms with Crippen LogP contribution in [0.15, 0.2) is 42.5 Å². The molecule has 0 aliphatic carbocycles. The monoisotopic (exact) mass is 430 g/mol. The van der Waals surface area contributed by atoms with E-state index in [9.17, 15) is 4.79 Å². The molecule has 0 bridgehead atoms. The minimum Gasteiger partial charge on any atom is -0.496 e. The number of nitrogens with one attached hydrogen (secondary N) is 1. The molecule has 1 N–H and O–H groups in total. The molecule has 0 spiro atoms.